The number of hydrogen-bond donors (Lipinski definition) is 1. The Hall–Kier alpha value is -0.840. The number of aryl methyl sites for hydroxylation is 2. The van der Waals surface area contributed by atoms with E-state index in [2.05, 4.69) is 58.2 Å². The Bertz CT molecular complexity index is 591. The first kappa shape index (κ1) is 15.5. The molecular weight excluding hydrogens is 332 g/mol. The summed E-state index contributed by atoms with van der Waals surface area (Å²) in [5.41, 5.74) is 9.50. The average Bonchev–Trinajstić information content (AvgIpc) is 2.31. The van der Waals surface area contributed by atoms with Crippen LogP contribution in [0.15, 0.2) is 44.7 Å². The lowest BCUT2D eigenvalue weighted by atomic mass is 10.1. The standard InChI is InChI=1S/C16H19BrN2S/c1-10-6-12(3)19-16(7-10)20-15-9-14(17)5-4-13(15)8-11(2)18/h4-7,9,11H,8,18H2,1-3H3. The molecule has 0 spiro atoms. The maximum absolute atomic E-state index is 5.94. The summed E-state index contributed by atoms with van der Waals surface area (Å²) in [4.78, 5) is 5.81. The van der Waals surface area contributed by atoms with E-state index in [9.17, 15) is 0 Å². The van der Waals surface area contributed by atoms with Crippen LogP contribution in [0.25, 0.3) is 0 Å². The van der Waals surface area contributed by atoms with Crippen molar-refractivity contribution >= 4 is 27.7 Å². The Labute approximate surface area is 133 Å². The van der Waals surface area contributed by atoms with Gasteiger partial charge in [-0.05, 0) is 62.6 Å². The van der Waals surface area contributed by atoms with E-state index in [-0.39, 0.29) is 6.04 Å². The van der Waals surface area contributed by atoms with Crippen molar-refractivity contribution in [3.8, 4) is 0 Å². The van der Waals surface area contributed by atoms with E-state index in [1.54, 1.807) is 11.8 Å². The van der Waals surface area contributed by atoms with Crippen LogP contribution in [-0.4, -0.2) is 11.0 Å². The highest BCUT2D eigenvalue weighted by atomic mass is 79.9. The van der Waals surface area contributed by atoms with Gasteiger partial charge in [0.2, 0.25) is 0 Å². The lowest BCUT2D eigenvalue weighted by Gasteiger charge is -2.12. The van der Waals surface area contributed by atoms with E-state index in [1.165, 1.54) is 16.0 Å². The van der Waals surface area contributed by atoms with Crippen LogP contribution >= 0.6 is 27.7 Å². The van der Waals surface area contributed by atoms with Gasteiger partial charge < -0.3 is 5.73 Å². The first-order valence-corrected chi connectivity index (χ1v) is 8.22. The summed E-state index contributed by atoms with van der Waals surface area (Å²) in [6.07, 6.45) is 0.875. The zero-order chi connectivity index (χ0) is 14.7. The van der Waals surface area contributed by atoms with Crippen LogP contribution in [0.5, 0.6) is 0 Å². The third kappa shape index (κ3) is 4.33. The Kier molecular flexibility index (Phi) is 5.24. The Morgan fingerprint density at radius 1 is 1.25 bits per heavy atom. The molecule has 0 aliphatic heterocycles. The summed E-state index contributed by atoms with van der Waals surface area (Å²) in [5.74, 6) is 0. The van der Waals surface area contributed by atoms with Crippen molar-refractivity contribution < 1.29 is 0 Å². The molecular formula is C16H19BrN2S. The maximum Gasteiger partial charge on any atom is 0.101 e. The first-order valence-electron chi connectivity index (χ1n) is 6.61. The summed E-state index contributed by atoms with van der Waals surface area (Å²) in [6, 6.07) is 10.7. The number of nitrogens with zero attached hydrogens (tertiary/aromatic N) is 1. The predicted molar refractivity (Wildman–Crippen MR) is 89.3 cm³/mol. The lowest BCUT2D eigenvalue weighted by molar-refractivity contribution is 0.729. The van der Waals surface area contributed by atoms with Crippen LogP contribution in [-0.2, 0) is 6.42 Å². The van der Waals surface area contributed by atoms with Crippen LogP contribution in [0.2, 0.25) is 0 Å². The van der Waals surface area contributed by atoms with Crippen molar-refractivity contribution in [1.82, 2.24) is 4.98 Å². The molecule has 20 heavy (non-hydrogen) atoms. The maximum atomic E-state index is 5.94. The van der Waals surface area contributed by atoms with Gasteiger partial charge in [0.15, 0.2) is 0 Å². The van der Waals surface area contributed by atoms with Crippen molar-refractivity contribution in [2.75, 3.05) is 0 Å². The predicted octanol–water partition coefficient (Wildman–Crippen LogP) is 4.50. The monoisotopic (exact) mass is 350 g/mol. The van der Waals surface area contributed by atoms with E-state index in [0.717, 1.165) is 21.6 Å². The molecule has 2 rings (SSSR count). The molecule has 1 aromatic heterocycles. The Balaban J connectivity index is 2.33. The summed E-state index contributed by atoms with van der Waals surface area (Å²) in [6.45, 7) is 6.16. The zero-order valence-electron chi connectivity index (χ0n) is 12.0. The van der Waals surface area contributed by atoms with Crippen molar-refractivity contribution in [3.63, 3.8) is 0 Å². The number of benzene rings is 1. The highest BCUT2D eigenvalue weighted by Crippen LogP contribution is 2.32. The fourth-order valence-electron chi connectivity index (χ4n) is 2.11. The largest absolute Gasteiger partial charge is 0.328 e. The highest BCUT2D eigenvalue weighted by molar-refractivity contribution is 9.10. The second-order valence-electron chi connectivity index (χ2n) is 5.16. The smallest absolute Gasteiger partial charge is 0.101 e. The van der Waals surface area contributed by atoms with E-state index in [0.29, 0.717) is 0 Å². The van der Waals surface area contributed by atoms with Crippen molar-refractivity contribution in [2.24, 2.45) is 5.73 Å². The van der Waals surface area contributed by atoms with Gasteiger partial charge in [0, 0.05) is 21.1 Å². The molecule has 4 heteroatoms. The zero-order valence-corrected chi connectivity index (χ0v) is 14.4. The topological polar surface area (TPSA) is 38.9 Å². The van der Waals surface area contributed by atoms with Crippen LogP contribution < -0.4 is 5.73 Å². The Morgan fingerprint density at radius 3 is 2.65 bits per heavy atom. The van der Waals surface area contributed by atoms with E-state index >= 15 is 0 Å². The van der Waals surface area contributed by atoms with Gasteiger partial charge in [-0.25, -0.2) is 4.98 Å². The Morgan fingerprint density at radius 2 is 2.00 bits per heavy atom. The first-order chi connectivity index (χ1) is 9.44. The van der Waals surface area contributed by atoms with Crippen LogP contribution in [0.3, 0.4) is 0 Å². The minimum absolute atomic E-state index is 0.155. The molecule has 1 aromatic carbocycles. The average molecular weight is 351 g/mol. The molecule has 1 heterocycles. The SMILES string of the molecule is Cc1cc(C)nc(Sc2cc(Br)ccc2CC(C)N)c1. The van der Waals surface area contributed by atoms with Gasteiger partial charge in [-0.1, -0.05) is 33.8 Å². The minimum atomic E-state index is 0.155. The number of hydrogen-bond acceptors (Lipinski definition) is 3. The normalized spacial score (nSPS) is 12.4. The molecule has 0 bridgehead atoms. The molecule has 0 saturated heterocycles. The van der Waals surface area contributed by atoms with Crippen LogP contribution in [0.4, 0.5) is 0 Å². The highest BCUT2D eigenvalue weighted by Gasteiger charge is 2.09. The fourth-order valence-corrected chi connectivity index (χ4v) is 3.75. The number of aromatic nitrogens is 1. The van der Waals surface area contributed by atoms with Crippen LogP contribution in [0, 0.1) is 13.8 Å². The van der Waals surface area contributed by atoms with Gasteiger partial charge in [-0.15, -0.1) is 0 Å². The molecule has 0 amide bonds. The van der Waals surface area contributed by atoms with Gasteiger partial charge in [0.1, 0.15) is 5.03 Å². The summed E-state index contributed by atoms with van der Waals surface area (Å²) < 4.78 is 1.08. The number of nitrogens with two attached hydrogens (primary N) is 1. The minimum Gasteiger partial charge on any atom is -0.328 e. The second kappa shape index (κ2) is 6.74. The van der Waals surface area contributed by atoms with Gasteiger partial charge in [0.05, 0.1) is 0 Å². The van der Waals surface area contributed by atoms with E-state index in [1.807, 2.05) is 13.8 Å². The fraction of sp³-hybridized carbons (Fsp3) is 0.312. The van der Waals surface area contributed by atoms with Gasteiger partial charge in [-0.3, -0.25) is 0 Å². The molecule has 2 N–H and O–H groups in total. The summed E-state index contributed by atoms with van der Waals surface area (Å²) in [5, 5.41) is 1.03. The van der Waals surface area contributed by atoms with Crippen molar-refractivity contribution in [1.29, 1.82) is 0 Å². The molecule has 0 saturated carbocycles. The summed E-state index contributed by atoms with van der Waals surface area (Å²) >= 11 is 5.24. The molecule has 1 atom stereocenters. The summed E-state index contributed by atoms with van der Waals surface area (Å²) in [7, 11) is 0. The van der Waals surface area contributed by atoms with E-state index < -0.39 is 0 Å². The third-order valence-electron chi connectivity index (χ3n) is 2.86. The molecule has 2 aromatic rings. The quantitative estimate of drug-likeness (QED) is 0.881. The molecule has 1 unspecified atom stereocenters. The van der Waals surface area contributed by atoms with Crippen molar-refractivity contribution in [2.45, 2.75) is 43.2 Å². The molecule has 0 aliphatic carbocycles. The third-order valence-corrected chi connectivity index (χ3v) is 4.37. The lowest BCUT2D eigenvalue weighted by Crippen LogP contribution is -2.18. The molecule has 0 aliphatic rings. The van der Waals surface area contributed by atoms with E-state index in [4.69, 9.17) is 5.73 Å². The molecule has 0 fully saturated rings. The number of halogens is 1. The molecule has 2 nitrogen and oxygen atoms in total. The number of rotatable bonds is 4. The van der Waals surface area contributed by atoms with Gasteiger partial charge in [0.25, 0.3) is 0 Å². The molecule has 106 valence electrons. The number of pyridine rings is 1. The van der Waals surface area contributed by atoms with Gasteiger partial charge >= 0.3 is 0 Å². The van der Waals surface area contributed by atoms with Crippen LogP contribution in [0.1, 0.15) is 23.7 Å². The van der Waals surface area contributed by atoms with Gasteiger partial charge in [-0.2, -0.15) is 0 Å². The second-order valence-corrected chi connectivity index (χ2v) is 7.14. The van der Waals surface area contributed by atoms with Crippen molar-refractivity contribution in [3.05, 3.63) is 51.6 Å². The molecule has 0 radical (unpaired) electrons.